The van der Waals surface area contributed by atoms with Crippen molar-refractivity contribution in [1.29, 1.82) is 0 Å². The van der Waals surface area contributed by atoms with Crippen LogP contribution in [0.5, 0.6) is 17.2 Å². The number of carbonyl (C=O) groups is 3. The molecule has 0 saturated heterocycles. The molecule has 0 heterocycles. The molecule has 0 amide bonds. The van der Waals surface area contributed by atoms with Crippen molar-refractivity contribution in [1.82, 2.24) is 0 Å². The van der Waals surface area contributed by atoms with Gasteiger partial charge in [0.15, 0.2) is 11.5 Å². The molecular weight excluding hydrogens is 340 g/mol. The molecule has 0 bridgehead atoms. The van der Waals surface area contributed by atoms with Gasteiger partial charge in [0.2, 0.25) is 10.9 Å². The monoisotopic (exact) mass is 358 g/mol. The van der Waals surface area contributed by atoms with Crippen molar-refractivity contribution in [3.63, 3.8) is 0 Å². The van der Waals surface area contributed by atoms with E-state index in [4.69, 9.17) is 14.2 Å². The Bertz CT molecular complexity index is 603. The third-order valence-electron chi connectivity index (χ3n) is 2.82. The van der Waals surface area contributed by atoms with Crippen molar-refractivity contribution in [2.24, 2.45) is 0 Å². The summed E-state index contributed by atoms with van der Waals surface area (Å²) >= 11 is 0.606. The quantitative estimate of drug-likeness (QED) is 0.565. The zero-order chi connectivity index (χ0) is 18.3. The van der Waals surface area contributed by atoms with Gasteiger partial charge in [0.05, 0.1) is 27.9 Å². The molecule has 0 spiro atoms. The fourth-order valence-electron chi connectivity index (χ4n) is 1.73. The van der Waals surface area contributed by atoms with E-state index in [1.807, 2.05) is 0 Å². The van der Waals surface area contributed by atoms with Crippen LogP contribution in [0.15, 0.2) is 12.1 Å². The third kappa shape index (κ3) is 4.87. The molecular formula is C15H18O8S. The van der Waals surface area contributed by atoms with Gasteiger partial charge < -0.3 is 24.1 Å². The van der Waals surface area contributed by atoms with Crippen molar-refractivity contribution in [3.05, 3.63) is 17.7 Å². The second-order valence-electron chi connectivity index (χ2n) is 4.40. The highest BCUT2D eigenvalue weighted by Crippen LogP contribution is 2.39. The van der Waals surface area contributed by atoms with Crippen LogP contribution in [0.1, 0.15) is 17.3 Å². The Balaban J connectivity index is 3.17. The molecule has 9 heteroatoms. The highest BCUT2D eigenvalue weighted by Gasteiger charge is 2.25. The summed E-state index contributed by atoms with van der Waals surface area (Å²) in [6.45, 7) is 0.666. The Morgan fingerprint density at radius 2 is 1.67 bits per heavy atom. The molecule has 1 unspecified atom stereocenters. The molecule has 1 rings (SSSR count). The minimum Gasteiger partial charge on any atom is -0.493 e. The molecule has 1 aromatic rings. The number of thioether (sulfide) groups is 1. The maximum absolute atomic E-state index is 12.3. The van der Waals surface area contributed by atoms with Crippen molar-refractivity contribution in [2.75, 3.05) is 27.9 Å². The largest absolute Gasteiger partial charge is 0.493 e. The molecule has 0 saturated carbocycles. The van der Waals surface area contributed by atoms with Crippen LogP contribution < -0.4 is 14.2 Å². The SMILES string of the molecule is COC(=O)C(CO)SC(=O)c1cc(OC)c(OC(C)=O)c(OC)c1. The van der Waals surface area contributed by atoms with Gasteiger partial charge in [-0.2, -0.15) is 0 Å². The van der Waals surface area contributed by atoms with Gasteiger partial charge in [0.25, 0.3) is 0 Å². The van der Waals surface area contributed by atoms with Gasteiger partial charge in [0, 0.05) is 12.5 Å². The number of hydrogen-bond acceptors (Lipinski definition) is 9. The summed E-state index contributed by atoms with van der Waals surface area (Å²) in [5, 5.41) is 7.63. The second kappa shape index (κ2) is 9.14. The fourth-order valence-corrected chi connectivity index (χ4v) is 2.51. The Kier molecular flexibility index (Phi) is 7.53. The number of aliphatic hydroxyl groups is 1. The molecule has 1 aromatic carbocycles. The topological polar surface area (TPSA) is 108 Å². The van der Waals surface area contributed by atoms with Crippen LogP contribution in [0.25, 0.3) is 0 Å². The predicted molar refractivity (Wildman–Crippen MR) is 85.7 cm³/mol. The van der Waals surface area contributed by atoms with Crippen LogP contribution in [-0.2, 0) is 14.3 Å². The molecule has 132 valence electrons. The highest BCUT2D eigenvalue weighted by molar-refractivity contribution is 8.15. The van der Waals surface area contributed by atoms with Gasteiger partial charge in [-0.3, -0.25) is 14.4 Å². The van der Waals surface area contributed by atoms with E-state index in [0.29, 0.717) is 11.8 Å². The molecule has 0 fully saturated rings. The van der Waals surface area contributed by atoms with Gasteiger partial charge in [-0.15, -0.1) is 0 Å². The van der Waals surface area contributed by atoms with E-state index in [0.717, 1.165) is 7.11 Å². The molecule has 0 aliphatic heterocycles. The number of esters is 2. The van der Waals surface area contributed by atoms with Gasteiger partial charge in [-0.1, -0.05) is 11.8 Å². The van der Waals surface area contributed by atoms with Crippen molar-refractivity contribution < 1.29 is 38.4 Å². The predicted octanol–water partition coefficient (Wildman–Crippen LogP) is 1.04. The van der Waals surface area contributed by atoms with Crippen molar-refractivity contribution in [3.8, 4) is 17.2 Å². The molecule has 8 nitrogen and oxygen atoms in total. The summed E-state index contributed by atoms with van der Waals surface area (Å²) in [7, 11) is 3.85. The van der Waals surface area contributed by atoms with Gasteiger partial charge in [0.1, 0.15) is 5.25 Å². The lowest BCUT2D eigenvalue weighted by Gasteiger charge is -2.15. The summed E-state index contributed by atoms with van der Waals surface area (Å²) in [6, 6.07) is 2.70. The van der Waals surface area contributed by atoms with E-state index in [1.54, 1.807) is 0 Å². The van der Waals surface area contributed by atoms with Crippen LogP contribution in [0.2, 0.25) is 0 Å². The van der Waals surface area contributed by atoms with Crippen LogP contribution >= 0.6 is 11.8 Å². The first-order chi connectivity index (χ1) is 11.4. The molecule has 0 radical (unpaired) electrons. The number of carbonyl (C=O) groups excluding carboxylic acids is 3. The smallest absolute Gasteiger partial charge is 0.321 e. The average molecular weight is 358 g/mol. The van der Waals surface area contributed by atoms with Crippen molar-refractivity contribution in [2.45, 2.75) is 12.2 Å². The van der Waals surface area contributed by atoms with Crippen LogP contribution in [0.3, 0.4) is 0 Å². The van der Waals surface area contributed by atoms with E-state index < -0.39 is 28.9 Å². The Morgan fingerprint density at radius 1 is 1.12 bits per heavy atom. The number of methoxy groups -OCH3 is 3. The van der Waals surface area contributed by atoms with E-state index in [-0.39, 0.29) is 22.8 Å². The zero-order valence-electron chi connectivity index (χ0n) is 13.7. The van der Waals surface area contributed by atoms with Crippen LogP contribution in [0.4, 0.5) is 0 Å². The Labute approximate surface area is 143 Å². The second-order valence-corrected chi connectivity index (χ2v) is 5.58. The number of hydrogen-bond donors (Lipinski definition) is 1. The Morgan fingerprint density at radius 3 is 2.04 bits per heavy atom. The van der Waals surface area contributed by atoms with Gasteiger partial charge in [-0.05, 0) is 12.1 Å². The molecule has 24 heavy (non-hydrogen) atoms. The van der Waals surface area contributed by atoms with Crippen LogP contribution in [-0.4, -0.2) is 55.3 Å². The van der Waals surface area contributed by atoms with Gasteiger partial charge in [-0.25, -0.2) is 0 Å². The van der Waals surface area contributed by atoms with Crippen LogP contribution in [0, 0.1) is 0 Å². The first kappa shape index (κ1) is 19.8. The first-order valence-electron chi connectivity index (χ1n) is 6.72. The molecule has 0 aromatic heterocycles. The average Bonchev–Trinajstić information content (AvgIpc) is 2.58. The third-order valence-corrected chi connectivity index (χ3v) is 3.90. The Hall–Kier alpha value is -2.26. The van der Waals surface area contributed by atoms with E-state index in [9.17, 15) is 19.5 Å². The number of ether oxygens (including phenoxy) is 4. The summed E-state index contributed by atoms with van der Waals surface area (Å²) in [5.74, 6) is -1.02. The minimum absolute atomic E-state index is 0.0423. The zero-order valence-corrected chi connectivity index (χ0v) is 14.5. The maximum Gasteiger partial charge on any atom is 0.321 e. The highest BCUT2D eigenvalue weighted by atomic mass is 32.2. The number of rotatable bonds is 7. The van der Waals surface area contributed by atoms with E-state index in [1.165, 1.54) is 33.3 Å². The summed E-state index contributed by atoms with van der Waals surface area (Å²) < 4.78 is 19.8. The first-order valence-corrected chi connectivity index (χ1v) is 7.60. The number of benzene rings is 1. The molecule has 1 N–H and O–H groups in total. The maximum atomic E-state index is 12.3. The summed E-state index contributed by atoms with van der Waals surface area (Å²) in [5.41, 5.74) is 0.145. The standard InChI is InChI=1S/C15H18O8S/c1-8(17)23-13-10(20-2)5-9(6-11(13)21-3)15(19)24-12(7-16)14(18)22-4/h5-6,12,16H,7H2,1-4H3. The normalized spacial score (nSPS) is 11.4. The van der Waals surface area contributed by atoms with E-state index in [2.05, 4.69) is 4.74 Å². The molecule has 1 atom stereocenters. The molecule has 0 aliphatic carbocycles. The van der Waals surface area contributed by atoms with E-state index >= 15 is 0 Å². The lowest BCUT2D eigenvalue weighted by Crippen LogP contribution is -2.24. The summed E-state index contributed by atoms with van der Waals surface area (Å²) in [6.07, 6.45) is 0. The minimum atomic E-state index is -1.05. The lowest BCUT2D eigenvalue weighted by molar-refractivity contribution is -0.140. The van der Waals surface area contributed by atoms with Crippen molar-refractivity contribution >= 4 is 28.8 Å². The number of aliphatic hydroxyl groups excluding tert-OH is 1. The molecule has 0 aliphatic rings. The fraction of sp³-hybridized carbons (Fsp3) is 0.400. The summed E-state index contributed by atoms with van der Waals surface area (Å²) in [4.78, 5) is 35.0. The van der Waals surface area contributed by atoms with Gasteiger partial charge >= 0.3 is 11.9 Å². The lowest BCUT2D eigenvalue weighted by atomic mass is 10.2.